The predicted octanol–water partition coefficient (Wildman–Crippen LogP) is 3.32. The topological polar surface area (TPSA) is 97.5 Å². The number of ether oxygens (including phenoxy) is 1. The molecule has 1 atom stereocenters. The van der Waals surface area contributed by atoms with Crippen LogP contribution in [0.4, 0.5) is 0 Å². The van der Waals surface area contributed by atoms with Crippen molar-refractivity contribution in [3.63, 3.8) is 0 Å². The zero-order valence-electron chi connectivity index (χ0n) is 16.8. The Morgan fingerprint density at radius 2 is 1.90 bits per heavy atom. The highest BCUT2D eigenvalue weighted by Crippen LogP contribution is 2.26. The van der Waals surface area contributed by atoms with Crippen molar-refractivity contribution in [3.8, 4) is 11.5 Å². The molecule has 0 spiro atoms. The molecule has 0 radical (unpaired) electrons. The van der Waals surface area contributed by atoms with Crippen LogP contribution in [0.15, 0.2) is 60.8 Å². The monoisotopic (exact) mass is 405 g/mol. The average Bonchev–Trinajstić information content (AvgIpc) is 2.76. The summed E-state index contributed by atoms with van der Waals surface area (Å²) in [6, 6.07) is 16.2. The van der Waals surface area contributed by atoms with Gasteiger partial charge in [-0.3, -0.25) is 9.78 Å². The van der Waals surface area contributed by atoms with Crippen LogP contribution in [0.3, 0.4) is 0 Å². The van der Waals surface area contributed by atoms with Crippen LogP contribution >= 0.6 is 0 Å². The van der Waals surface area contributed by atoms with Crippen LogP contribution in [0.5, 0.6) is 11.5 Å². The molecule has 30 heavy (non-hydrogen) atoms. The third kappa shape index (κ3) is 5.07. The third-order valence-corrected chi connectivity index (χ3v) is 5.63. The molecule has 1 fully saturated rings. The molecule has 1 aliphatic carbocycles. The Morgan fingerprint density at radius 1 is 1.13 bits per heavy atom. The van der Waals surface area contributed by atoms with Crippen molar-refractivity contribution in [2.24, 2.45) is 5.73 Å². The number of pyridine rings is 1. The van der Waals surface area contributed by atoms with E-state index < -0.39 is 6.04 Å². The van der Waals surface area contributed by atoms with Crippen molar-refractivity contribution < 1.29 is 14.6 Å². The second kappa shape index (κ2) is 9.13. The number of phenols is 1. The maximum absolute atomic E-state index is 12.5. The van der Waals surface area contributed by atoms with Gasteiger partial charge in [0.25, 0.3) is 0 Å². The molecular weight excluding hydrogens is 378 g/mol. The number of rotatable bonds is 6. The highest BCUT2D eigenvalue weighted by Gasteiger charge is 2.25. The van der Waals surface area contributed by atoms with E-state index in [2.05, 4.69) is 10.3 Å². The number of phenolic OH excluding ortho intramolecular Hbond substituents is 1. The summed E-state index contributed by atoms with van der Waals surface area (Å²) in [6.45, 7) is 0. The smallest absolute Gasteiger partial charge is 0.237 e. The highest BCUT2D eigenvalue weighted by molar-refractivity contribution is 5.82. The van der Waals surface area contributed by atoms with Gasteiger partial charge in [-0.1, -0.05) is 18.2 Å². The second-order valence-electron chi connectivity index (χ2n) is 7.94. The molecule has 1 saturated carbocycles. The van der Waals surface area contributed by atoms with Crippen LogP contribution in [-0.4, -0.2) is 34.2 Å². The van der Waals surface area contributed by atoms with E-state index in [-0.39, 0.29) is 23.8 Å². The van der Waals surface area contributed by atoms with E-state index in [1.165, 1.54) is 0 Å². The molecule has 6 nitrogen and oxygen atoms in total. The van der Waals surface area contributed by atoms with Gasteiger partial charge in [0.1, 0.15) is 11.5 Å². The lowest BCUT2D eigenvalue weighted by atomic mass is 9.92. The van der Waals surface area contributed by atoms with E-state index in [4.69, 9.17) is 10.5 Å². The molecule has 4 rings (SSSR count). The van der Waals surface area contributed by atoms with E-state index in [1.54, 1.807) is 30.5 Å². The van der Waals surface area contributed by atoms with Crippen LogP contribution in [0.1, 0.15) is 31.2 Å². The Hall–Kier alpha value is -3.12. The first-order chi connectivity index (χ1) is 14.6. The minimum atomic E-state index is -0.602. The maximum Gasteiger partial charge on any atom is 0.237 e. The van der Waals surface area contributed by atoms with Gasteiger partial charge in [0, 0.05) is 17.6 Å². The Labute approximate surface area is 176 Å². The number of hydrogen-bond acceptors (Lipinski definition) is 5. The fourth-order valence-electron chi connectivity index (χ4n) is 3.93. The molecule has 0 aliphatic heterocycles. The average molecular weight is 405 g/mol. The van der Waals surface area contributed by atoms with Gasteiger partial charge < -0.3 is 20.9 Å². The van der Waals surface area contributed by atoms with Gasteiger partial charge in [-0.25, -0.2) is 0 Å². The number of fused-ring (bicyclic) bond motifs is 1. The number of hydrogen-bond donors (Lipinski definition) is 3. The first kappa shape index (κ1) is 20.2. The summed E-state index contributed by atoms with van der Waals surface area (Å²) in [5.41, 5.74) is 7.96. The van der Waals surface area contributed by atoms with E-state index >= 15 is 0 Å². The third-order valence-electron chi connectivity index (χ3n) is 5.63. The second-order valence-corrected chi connectivity index (χ2v) is 7.94. The minimum absolute atomic E-state index is 0.129. The van der Waals surface area contributed by atoms with E-state index in [9.17, 15) is 9.90 Å². The summed E-state index contributed by atoms with van der Waals surface area (Å²) < 4.78 is 6.17. The number of benzene rings is 2. The van der Waals surface area contributed by atoms with Crippen LogP contribution in [0.2, 0.25) is 0 Å². The fourth-order valence-corrected chi connectivity index (χ4v) is 3.93. The van der Waals surface area contributed by atoms with E-state index in [0.717, 1.165) is 47.9 Å². The van der Waals surface area contributed by atoms with Crippen LogP contribution in [-0.2, 0) is 11.2 Å². The molecule has 0 unspecified atom stereocenters. The Morgan fingerprint density at radius 3 is 2.67 bits per heavy atom. The number of aromatic nitrogens is 1. The van der Waals surface area contributed by atoms with Gasteiger partial charge in [0.05, 0.1) is 17.7 Å². The largest absolute Gasteiger partial charge is 0.508 e. The summed E-state index contributed by atoms with van der Waals surface area (Å²) in [7, 11) is 0. The van der Waals surface area contributed by atoms with Crippen LogP contribution < -0.4 is 15.8 Å². The molecule has 4 N–H and O–H groups in total. The number of nitrogens with two attached hydrogens (primary N) is 1. The number of amides is 1. The summed E-state index contributed by atoms with van der Waals surface area (Å²) in [6.07, 6.45) is 5.91. The number of carbonyl (C=O) groups excluding carboxylic acids is 1. The summed E-state index contributed by atoms with van der Waals surface area (Å²) in [5.74, 6) is 0.935. The maximum atomic E-state index is 12.5. The van der Waals surface area contributed by atoms with Crippen molar-refractivity contribution >= 4 is 16.8 Å². The lowest BCUT2D eigenvalue weighted by molar-refractivity contribution is -0.123. The molecule has 1 aromatic heterocycles. The molecule has 1 heterocycles. The molecule has 1 amide bonds. The van der Waals surface area contributed by atoms with E-state index in [1.807, 2.05) is 30.3 Å². The summed E-state index contributed by atoms with van der Waals surface area (Å²) >= 11 is 0. The standard InChI is InChI=1S/C24H27N3O3/c25-22(14-16-3-7-19(28)8-4-16)24(29)27-18-5-9-20(10-6-18)30-21-11-12-23-17(15-21)2-1-13-26-23/h1-4,7-8,11-13,15,18,20,22,28H,5-6,9-10,14,25H2,(H,27,29)/t18?,20?,22-/m1/s1. The lowest BCUT2D eigenvalue weighted by Crippen LogP contribution is -2.48. The predicted molar refractivity (Wildman–Crippen MR) is 116 cm³/mol. The van der Waals surface area contributed by atoms with Gasteiger partial charge >= 0.3 is 0 Å². The van der Waals surface area contributed by atoms with Crippen molar-refractivity contribution in [1.29, 1.82) is 0 Å². The van der Waals surface area contributed by atoms with Gasteiger partial charge in [-0.05, 0) is 74.1 Å². The van der Waals surface area contributed by atoms with Crippen molar-refractivity contribution in [2.75, 3.05) is 0 Å². The number of nitrogens with one attached hydrogen (secondary N) is 1. The summed E-state index contributed by atoms with van der Waals surface area (Å²) in [5, 5.41) is 13.5. The SMILES string of the molecule is N[C@H](Cc1ccc(O)cc1)C(=O)NC1CCC(Oc2ccc3ncccc3c2)CC1. The molecule has 156 valence electrons. The highest BCUT2D eigenvalue weighted by atomic mass is 16.5. The van der Waals surface area contributed by atoms with Gasteiger partial charge in [0.15, 0.2) is 0 Å². The van der Waals surface area contributed by atoms with Gasteiger partial charge in [-0.15, -0.1) is 0 Å². The first-order valence-corrected chi connectivity index (χ1v) is 10.4. The normalized spacial score (nSPS) is 19.9. The van der Waals surface area contributed by atoms with Crippen molar-refractivity contribution in [3.05, 3.63) is 66.4 Å². The van der Waals surface area contributed by atoms with Crippen LogP contribution in [0.25, 0.3) is 10.9 Å². The Bertz CT molecular complexity index is 998. The summed E-state index contributed by atoms with van der Waals surface area (Å²) in [4.78, 5) is 16.8. The molecule has 3 aromatic rings. The van der Waals surface area contributed by atoms with Crippen molar-refractivity contribution in [2.45, 2.75) is 50.3 Å². The molecule has 0 bridgehead atoms. The Balaban J connectivity index is 1.24. The van der Waals surface area contributed by atoms with E-state index in [0.29, 0.717) is 6.42 Å². The number of nitrogens with zero attached hydrogens (tertiary/aromatic N) is 1. The zero-order chi connectivity index (χ0) is 20.9. The fraction of sp³-hybridized carbons (Fsp3) is 0.333. The van der Waals surface area contributed by atoms with Crippen molar-refractivity contribution in [1.82, 2.24) is 10.3 Å². The quantitative estimate of drug-likeness (QED) is 0.584. The lowest BCUT2D eigenvalue weighted by Gasteiger charge is -2.30. The molecule has 0 saturated heterocycles. The molecule has 1 aliphatic rings. The minimum Gasteiger partial charge on any atom is -0.508 e. The first-order valence-electron chi connectivity index (χ1n) is 10.4. The molecule has 2 aromatic carbocycles. The molecule has 6 heteroatoms. The van der Waals surface area contributed by atoms with Crippen LogP contribution in [0, 0.1) is 0 Å². The van der Waals surface area contributed by atoms with Gasteiger partial charge in [0.2, 0.25) is 5.91 Å². The Kier molecular flexibility index (Phi) is 6.14. The molecular formula is C24H27N3O3. The zero-order valence-corrected chi connectivity index (χ0v) is 16.8. The number of aromatic hydroxyl groups is 1. The van der Waals surface area contributed by atoms with Gasteiger partial charge in [-0.2, -0.15) is 0 Å². The number of carbonyl (C=O) groups is 1.